The summed E-state index contributed by atoms with van der Waals surface area (Å²) in [6.07, 6.45) is 3.98. The number of nitrogens with zero attached hydrogens (tertiary/aromatic N) is 1. The number of carbonyl (C=O) groups excluding carboxylic acids is 1. The number of benzene rings is 1. The number of carbonyl (C=O) groups is 1. The molecule has 4 heteroatoms. The van der Waals surface area contributed by atoms with E-state index in [1.165, 1.54) is 0 Å². The number of hydrogen-bond donors (Lipinski definition) is 1. The van der Waals surface area contributed by atoms with Crippen molar-refractivity contribution in [2.24, 2.45) is 0 Å². The maximum atomic E-state index is 12.3. The predicted octanol–water partition coefficient (Wildman–Crippen LogP) is 2.00. The lowest BCUT2D eigenvalue weighted by molar-refractivity contribution is -0.132. The van der Waals surface area contributed by atoms with Gasteiger partial charge in [-0.1, -0.05) is 31.0 Å². The second-order valence-electron chi connectivity index (χ2n) is 5.67. The van der Waals surface area contributed by atoms with Gasteiger partial charge in [0, 0.05) is 19.2 Å². The molecule has 1 aliphatic rings. The van der Waals surface area contributed by atoms with Crippen molar-refractivity contribution in [2.75, 3.05) is 20.7 Å². The van der Waals surface area contributed by atoms with E-state index in [1.807, 2.05) is 24.3 Å². The van der Waals surface area contributed by atoms with Gasteiger partial charge in [0.2, 0.25) is 5.91 Å². The van der Waals surface area contributed by atoms with Crippen molar-refractivity contribution >= 4 is 5.91 Å². The fourth-order valence-electron chi connectivity index (χ4n) is 2.87. The molecule has 1 aliphatic carbocycles. The van der Waals surface area contributed by atoms with Crippen LogP contribution in [-0.2, 0) is 11.2 Å². The van der Waals surface area contributed by atoms with Crippen LogP contribution in [0.3, 0.4) is 0 Å². The molecular weight excluding hydrogens is 254 g/mol. The minimum Gasteiger partial charge on any atom is -0.496 e. The Hall–Kier alpha value is -1.55. The van der Waals surface area contributed by atoms with E-state index in [2.05, 4.69) is 0 Å². The third-order valence-corrected chi connectivity index (χ3v) is 4.03. The van der Waals surface area contributed by atoms with Gasteiger partial charge >= 0.3 is 0 Å². The van der Waals surface area contributed by atoms with Gasteiger partial charge in [0.25, 0.3) is 0 Å². The van der Waals surface area contributed by atoms with Crippen LogP contribution in [0.25, 0.3) is 0 Å². The zero-order chi connectivity index (χ0) is 14.6. The Bertz CT molecular complexity index is 467. The first-order valence-corrected chi connectivity index (χ1v) is 7.12. The van der Waals surface area contributed by atoms with Crippen LogP contribution in [0.5, 0.6) is 5.75 Å². The third kappa shape index (κ3) is 3.51. The summed E-state index contributed by atoms with van der Waals surface area (Å²) in [6.45, 7) is 0.418. The fraction of sp³-hybridized carbons (Fsp3) is 0.562. The molecule has 0 bridgehead atoms. The first kappa shape index (κ1) is 14.9. The number of rotatable bonds is 5. The Morgan fingerprint density at radius 1 is 1.35 bits per heavy atom. The molecule has 4 nitrogen and oxygen atoms in total. The van der Waals surface area contributed by atoms with Crippen LogP contribution in [0.4, 0.5) is 0 Å². The number of hydrogen-bond acceptors (Lipinski definition) is 3. The average molecular weight is 277 g/mol. The van der Waals surface area contributed by atoms with Crippen molar-refractivity contribution < 1.29 is 14.6 Å². The fourth-order valence-corrected chi connectivity index (χ4v) is 2.87. The van der Waals surface area contributed by atoms with E-state index in [9.17, 15) is 9.90 Å². The molecule has 0 aliphatic heterocycles. The highest BCUT2D eigenvalue weighted by Gasteiger charge is 2.33. The Labute approximate surface area is 120 Å². The van der Waals surface area contributed by atoms with Crippen LogP contribution in [0.1, 0.15) is 31.2 Å². The van der Waals surface area contributed by atoms with E-state index in [-0.39, 0.29) is 5.91 Å². The standard InChI is InChI=1S/C16H23NO3/c1-17(12-16(19)9-5-6-10-16)15(18)11-13-7-3-4-8-14(13)20-2/h3-4,7-8,19H,5-6,9-12H2,1-2H3. The molecule has 1 amide bonds. The molecule has 0 saturated heterocycles. The molecule has 0 aromatic heterocycles. The van der Waals surface area contributed by atoms with Crippen LogP contribution in [0.2, 0.25) is 0 Å². The van der Waals surface area contributed by atoms with Gasteiger partial charge in [-0.25, -0.2) is 0 Å². The van der Waals surface area contributed by atoms with Crippen LogP contribution >= 0.6 is 0 Å². The zero-order valence-electron chi connectivity index (χ0n) is 12.3. The molecule has 0 unspecified atom stereocenters. The second kappa shape index (κ2) is 6.27. The Morgan fingerprint density at radius 3 is 2.65 bits per heavy atom. The third-order valence-electron chi connectivity index (χ3n) is 4.03. The summed E-state index contributed by atoms with van der Waals surface area (Å²) in [6, 6.07) is 7.54. The summed E-state index contributed by atoms with van der Waals surface area (Å²) < 4.78 is 5.26. The Morgan fingerprint density at radius 2 is 2.00 bits per heavy atom. The zero-order valence-corrected chi connectivity index (χ0v) is 12.3. The Kier molecular flexibility index (Phi) is 4.65. The van der Waals surface area contributed by atoms with Gasteiger partial charge in [0.05, 0.1) is 19.1 Å². The van der Waals surface area contributed by atoms with Crippen molar-refractivity contribution in [3.05, 3.63) is 29.8 Å². The molecule has 1 fully saturated rings. The highest BCUT2D eigenvalue weighted by Crippen LogP contribution is 2.30. The molecule has 20 heavy (non-hydrogen) atoms. The van der Waals surface area contributed by atoms with Crippen molar-refractivity contribution in [1.29, 1.82) is 0 Å². The van der Waals surface area contributed by atoms with Crippen molar-refractivity contribution in [2.45, 2.75) is 37.7 Å². The molecule has 1 aromatic rings. The van der Waals surface area contributed by atoms with Gasteiger partial charge in [-0.15, -0.1) is 0 Å². The lowest BCUT2D eigenvalue weighted by atomic mass is 10.0. The summed E-state index contributed by atoms with van der Waals surface area (Å²) in [4.78, 5) is 13.9. The number of aliphatic hydroxyl groups is 1. The van der Waals surface area contributed by atoms with Gasteiger partial charge in [0.15, 0.2) is 0 Å². The van der Waals surface area contributed by atoms with Gasteiger partial charge in [-0.05, 0) is 18.9 Å². The molecule has 0 radical (unpaired) electrons. The first-order valence-electron chi connectivity index (χ1n) is 7.12. The van der Waals surface area contributed by atoms with E-state index in [1.54, 1.807) is 19.1 Å². The number of likely N-dealkylation sites (N-methyl/N-ethyl adjacent to an activating group) is 1. The summed E-state index contributed by atoms with van der Waals surface area (Å²) >= 11 is 0. The van der Waals surface area contributed by atoms with Crippen molar-refractivity contribution in [3.8, 4) is 5.75 Å². The number of para-hydroxylation sites is 1. The van der Waals surface area contributed by atoms with E-state index in [0.29, 0.717) is 13.0 Å². The average Bonchev–Trinajstić information content (AvgIpc) is 2.85. The predicted molar refractivity (Wildman–Crippen MR) is 77.8 cm³/mol. The summed E-state index contributed by atoms with van der Waals surface area (Å²) in [5.41, 5.74) is 0.191. The largest absolute Gasteiger partial charge is 0.496 e. The number of amides is 1. The smallest absolute Gasteiger partial charge is 0.226 e. The quantitative estimate of drug-likeness (QED) is 0.895. The van der Waals surface area contributed by atoms with Crippen LogP contribution in [0.15, 0.2) is 24.3 Å². The van der Waals surface area contributed by atoms with Gasteiger partial charge < -0.3 is 14.7 Å². The summed E-state index contributed by atoms with van der Waals surface area (Å²) in [5, 5.41) is 10.4. The normalized spacial score (nSPS) is 16.9. The number of methoxy groups -OCH3 is 1. The lowest BCUT2D eigenvalue weighted by Crippen LogP contribution is -2.42. The molecule has 0 heterocycles. The SMILES string of the molecule is COc1ccccc1CC(=O)N(C)CC1(O)CCCC1. The van der Waals surface area contributed by atoms with Crippen LogP contribution < -0.4 is 4.74 Å². The van der Waals surface area contributed by atoms with E-state index in [4.69, 9.17) is 4.74 Å². The van der Waals surface area contributed by atoms with Crippen LogP contribution in [0, 0.1) is 0 Å². The molecule has 2 rings (SSSR count). The molecule has 0 atom stereocenters. The molecule has 110 valence electrons. The lowest BCUT2D eigenvalue weighted by Gasteiger charge is -2.28. The minimum atomic E-state index is -0.689. The molecular formula is C16H23NO3. The first-order chi connectivity index (χ1) is 9.54. The van der Waals surface area contributed by atoms with Crippen LogP contribution in [-0.4, -0.2) is 42.2 Å². The summed E-state index contributed by atoms with van der Waals surface area (Å²) in [7, 11) is 3.36. The van der Waals surface area contributed by atoms with Gasteiger partial charge in [-0.3, -0.25) is 4.79 Å². The maximum Gasteiger partial charge on any atom is 0.226 e. The molecule has 1 N–H and O–H groups in total. The topological polar surface area (TPSA) is 49.8 Å². The molecule has 1 saturated carbocycles. The molecule has 1 aromatic carbocycles. The van der Waals surface area contributed by atoms with Gasteiger partial charge in [-0.2, -0.15) is 0 Å². The van der Waals surface area contributed by atoms with Crippen molar-refractivity contribution in [1.82, 2.24) is 4.90 Å². The number of ether oxygens (including phenoxy) is 1. The second-order valence-corrected chi connectivity index (χ2v) is 5.67. The monoisotopic (exact) mass is 277 g/mol. The maximum absolute atomic E-state index is 12.3. The van der Waals surface area contributed by atoms with E-state index in [0.717, 1.165) is 37.0 Å². The summed E-state index contributed by atoms with van der Waals surface area (Å²) in [5.74, 6) is 0.739. The minimum absolute atomic E-state index is 0.00910. The van der Waals surface area contributed by atoms with E-state index < -0.39 is 5.60 Å². The highest BCUT2D eigenvalue weighted by atomic mass is 16.5. The van der Waals surface area contributed by atoms with E-state index >= 15 is 0 Å². The van der Waals surface area contributed by atoms with Gasteiger partial charge in [0.1, 0.15) is 5.75 Å². The Balaban J connectivity index is 1.97. The highest BCUT2D eigenvalue weighted by molar-refractivity contribution is 5.79. The van der Waals surface area contributed by atoms with Crippen molar-refractivity contribution in [3.63, 3.8) is 0 Å². The molecule has 0 spiro atoms.